The summed E-state index contributed by atoms with van der Waals surface area (Å²) in [5, 5.41) is 11.9. The molecular formula is C27H23Cl2N5O3. The topological polar surface area (TPSA) is 90.3 Å². The van der Waals surface area contributed by atoms with E-state index < -0.39 is 6.04 Å². The summed E-state index contributed by atoms with van der Waals surface area (Å²) < 4.78 is 12.5. The Hall–Kier alpha value is -4.01. The SMILES string of the molecule is COc1ccc(-c2nc3n(n2)C(c2ccc(Cl)cc2Cl)C(C(=O)Nc2ccccc2)=C(C)N3)cc1OC. The van der Waals surface area contributed by atoms with Gasteiger partial charge in [-0.1, -0.05) is 47.5 Å². The first-order chi connectivity index (χ1) is 17.9. The van der Waals surface area contributed by atoms with Gasteiger partial charge in [0.1, 0.15) is 6.04 Å². The van der Waals surface area contributed by atoms with Crippen molar-refractivity contribution in [2.75, 3.05) is 24.9 Å². The maximum atomic E-state index is 13.6. The van der Waals surface area contributed by atoms with E-state index in [-0.39, 0.29) is 5.91 Å². The van der Waals surface area contributed by atoms with Crippen LogP contribution in [0.3, 0.4) is 0 Å². The molecule has 37 heavy (non-hydrogen) atoms. The Kier molecular flexibility index (Phi) is 6.78. The van der Waals surface area contributed by atoms with Crippen LogP contribution in [-0.4, -0.2) is 34.9 Å². The fourth-order valence-electron chi connectivity index (χ4n) is 4.27. The monoisotopic (exact) mass is 535 g/mol. The van der Waals surface area contributed by atoms with E-state index in [1.165, 1.54) is 0 Å². The number of halogens is 2. The maximum Gasteiger partial charge on any atom is 0.255 e. The lowest BCUT2D eigenvalue weighted by Crippen LogP contribution is -2.31. The second kappa shape index (κ2) is 10.2. The zero-order valence-corrected chi connectivity index (χ0v) is 21.8. The minimum absolute atomic E-state index is 0.291. The number of fused-ring (bicyclic) bond motifs is 1. The summed E-state index contributed by atoms with van der Waals surface area (Å²) in [6, 6.07) is 19.2. The summed E-state index contributed by atoms with van der Waals surface area (Å²) in [6.45, 7) is 1.82. The van der Waals surface area contributed by atoms with Gasteiger partial charge < -0.3 is 20.1 Å². The van der Waals surface area contributed by atoms with Crippen molar-refractivity contribution in [3.05, 3.63) is 93.6 Å². The lowest BCUT2D eigenvalue weighted by molar-refractivity contribution is -0.113. The van der Waals surface area contributed by atoms with Gasteiger partial charge in [-0.3, -0.25) is 4.79 Å². The quantitative estimate of drug-likeness (QED) is 0.305. The summed E-state index contributed by atoms with van der Waals surface area (Å²) in [4.78, 5) is 18.3. The average molecular weight is 536 g/mol. The standard InChI is InChI=1S/C27H23Cl2N5O3/c1-15-23(26(35)31-18-7-5-4-6-8-18)24(19-11-10-17(28)14-20(19)29)34-27(30-15)32-25(33-34)16-9-12-21(36-2)22(13-16)37-3/h4-14,24H,1-3H3,(H,31,35)(H,30,32,33). The van der Waals surface area contributed by atoms with E-state index in [0.29, 0.717) is 55.8 Å². The molecule has 0 radical (unpaired) electrons. The van der Waals surface area contributed by atoms with Crippen molar-refractivity contribution in [3.63, 3.8) is 0 Å². The van der Waals surface area contributed by atoms with Gasteiger partial charge in [0.15, 0.2) is 17.3 Å². The van der Waals surface area contributed by atoms with E-state index in [2.05, 4.69) is 10.6 Å². The minimum atomic E-state index is -0.661. The van der Waals surface area contributed by atoms with Gasteiger partial charge in [-0.15, -0.1) is 5.10 Å². The molecule has 4 aromatic rings. The number of benzene rings is 3. The van der Waals surface area contributed by atoms with Crippen LogP contribution in [0.25, 0.3) is 11.4 Å². The molecular weight excluding hydrogens is 513 g/mol. The van der Waals surface area contributed by atoms with Crippen LogP contribution in [0.15, 0.2) is 78.0 Å². The predicted molar refractivity (Wildman–Crippen MR) is 145 cm³/mol. The van der Waals surface area contributed by atoms with E-state index in [4.69, 9.17) is 42.8 Å². The Labute approximate surface area is 223 Å². The van der Waals surface area contributed by atoms with Crippen LogP contribution in [-0.2, 0) is 4.79 Å². The van der Waals surface area contributed by atoms with E-state index in [9.17, 15) is 4.79 Å². The average Bonchev–Trinajstić information content (AvgIpc) is 3.32. The maximum absolute atomic E-state index is 13.6. The molecule has 0 spiro atoms. The number of carbonyl (C=O) groups excluding carboxylic acids is 1. The van der Waals surface area contributed by atoms with E-state index in [1.54, 1.807) is 49.2 Å². The first kappa shape index (κ1) is 24.7. The van der Waals surface area contributed by atoms with Gasteiger partial charge >= 0.3 is 0 Å². The van der Waals surface area contributed by atoms with Gasteiger partial charge in [-0.05, 0) is 49.4 Å². The van der Waals surface area contributed by atoms with E-state index in [0.717, 1.165) is 5.56 Å². The number of para-hydroxylation sites is 1. The van der Waals surface area contributed by atoms with Crippen molar-refractivity contribution >= 4 is 40.7 Å². The number of amides is 1. The Morgan fingerprint density at radius 3 is 2.46 bits per heavy atom. The number of aromatic nitrogens is 3. The lowest BCUT2D eigenvalue weighted by atomic mass is 9.95. The molecule has 0 aliphatic carbocycles. The van der Waals surface area contributed by atoms with Crippen LogP contribution in [0, 0.1) is 0 Å². The largest absolute Gasteiger partial charge is 0.493 e. The van der Waals surface area contributed by atoms with Gasteiger partial charge in [0.05, 0.1) is 19.8 Å². The molecule has 5 rings (SSSR count). The van der Waals surface area contributed by atoms with Crippen molar-refractivity contribution < 1.29 is 14.3 Å². The molecule has 10 heteroatoms. The third-order valence-electron chi connectivity index (χ3n) is 6.03. The number of rotatable bonds is 6. The van der Waals surface area contributed by atoms with Gasteiger partial charge in [0.2, 0.25) is 5.95 Å². The van der Waals surface area contributed by atoms with Gasteiger partial charge in [-0.25, -0.2) is 4.68 Å². The molecule has 1 amide bonds. The van der Waals surface area contributed by atoms with Crippen LogP contribution >= 0.6 is 23.2 Å². The fraction of sp³-hybridized carbons (Fsp3) is 0.148. The highest BCUT2D eigenvalue weighted by Crippen LogP contribution is 2.40. The molecule has 0 bridgehead atoms. The number of anilines is 2. The summed E-state index contributed by atoms with van der Waals surface area (Å²) in [6.07, 6.45) is 0. The highest BCUT2D eigenvalue weighted by Gasteiger charge is 2.35. The van der Waals surface area contributed by atoms with Gasteiger partial charge in [-0.2, -0.15) is 4.98 Å². The molecule has 188 valence electrons. The number of allylic oxidation sites excluding steroid dienone is 1. The Morgan fingerprint density at radius 2 is 1.76 bits per heavy atom. The summed E-state index contributed by atoms with van der Waals surface area (Å²) in [5.41, 5.74) is 3.13. The highest BCUT2D eigenvalue weighted by atomic mass is 35.5. The molecule has 1 unspecified atom stereocenters. The Morgan fingerprint density at radius 1 is 1.00 bits per heavy atom. The molecule has 1 aliphatic heterocycles. The second-order valence-electron chi connectivity index (χ2n) is 8.33. The number of carbonyl (C=O) groups is 1. The number of ether oxygens (including phenoxy) is 2. The third-order valence-corrected chi connectivity index (χ3v) is 6.59. The molecule has 3 aromatic carbocycles. The van der Waals surface area contributed by atoms with Crippen LogP contribution in [0.2, 0.25) is 10.0 Å². The molecule has 0 saturated heterocycles. The van der Waals surface area contributed by atoms with Crippen molar-refractivity contribution in [2.24, 2.45) is 0 Å². The zero-order valence-electron chi connectivity index (χ0n) is 20.3. The number of hydrogen-bond donors (Lipinski definition) is 2. The summed E-state index contributed by atoms with van der Waals surface area (Å²) >= 11 is 12.8. The number of nitrogens with one attached hydrogen (secondary N) is 2. The smallest absolute Gasteiger partial charge is 0.255 e. The molecule has 2 heterocycles. The third kappa shape index (κ3) is 4.73. The normalized spacial score (nSPS) is 14.6. The Bertz CT molecular complexity index is 1520. The number of hydrogen-bond acceptors (Lipinski definition) is 6. The fourth-order valence-corrected chi connectivity index (χ4v) is 4.79. The molecule has 0 saturated carbocycles. The first-order valence-electron chi connectivity index (χ1n) is 11.4. The first-order valence-corrected chi connectivity index (χ1v) is 12.1. The van der Waals surface area contributed by atoms with Crippen LogP contribution < -0.4 is 20.1 Å². The predicted octanol–water partition coefficient (Wildman–Crippen LogP) is 6.20. The van der Waals surface area contributed by atoms with Crippen molar-refractivity contribution in [1.29, 1.82) is 0 Å². The second-order valence-corrected chi connectivity index (χ2v) is 9.17. The molecule has 2 N–H and O–H groups in total. The minimum Gasteiger partial charge on any atom is -0.493 e. The molecule has 1 aliphatic rings. The number of nitrogens with zero attached hydrogens (tertiary/aromatic N) is 3. The lowest BCUT2D eigenvalue weighted by Gasteiger charge is -2.29. The highest BCUT2D eigenvalue weighted by molar-refractivity contribution is 6.35. The molecule has 1 aromatic heterocycles. The van der Waals surface area contributed by atoms with Gasteiger partial charge in [0, 0.05) is 32.6 Å². The number of methoxy groups -OCH3 is 2. The van der Waals surface area contributed by atoms with Crippen molar-refractivity contribution in [2.45, 2.75) is 13.0 Å². The zero-order chi connectivity index (χ0) is 26.1. The molecule has 0 fully saturated rings. The molecule has 8 nitrogen and oxygen atoms in total. The van der Waals surface area contributed by atoms with Crippen LogP contribution in [0.1, 0.15) is 18.5 Å². The van der Waals surface area contributed by atoms with E-state index in [1.807, 2.05) is 43.3 Å². The van der Waals surface area contributed by atoms with Crippen LogP contribution in [0.4, 0.5) is 11.6 Å². The van der Waals surface area contributed by atoms with E-state index >= 15 is 0 Å². The molecule has 1 atom stereocenters. The van der Waals surface area contributed by atoms with Crippen molar-refractivity contribution in [1.82, 2.24) is 14.8 Å². The Balaban J connectivity index is 1.62. The summed E-state index contributed by atoms with van der Waals surface area (Å²) in [7, 11) is 3.14. The van der Waals surface area contributed by atoms with Crippen LogP contribution in [0.5, 0.6) is 11.5 Å². The summed E-state index contributed by atoms with van der Waals surface area (Å²) in [5.74, 6) is 1.76. The van der Waals surface area contributed by atoms with Crippen molar-refractivity contribution in [3.8, 4) is 22.9 Å². The van der Waals surface area contributed by atoms with Gasteiger partial charge in [0.25, 0.3) is 5.91 Å².